The quantitative estimate of drug-likeness (QED) is 0.745. The second kappa shape index (κ2) is 6.18. The zero-order chi connectivity index (χ0) is 13.8. The fraction of sp³-hybridized carbons (Fsp3) is 0.846. The third kappa shape index (κ3) is 4.29. The van der Waals surface area contributed by atoms with Crippen molar-refractivity contribution in [3.05, 3.63) is 0 Å². The Balaban J connectivity index is 2.37. The molecule has 1 heterocycles. The summed E-state index contributed by atoms with van der Waals surface area (Å²) in [7, 11) is 0. The Kier molecular flexibility index (Phi) is 5.14. The molecule has 0 spiro atoms. The summed E-state index contributed by atoms with van der Waals surface area (Å²) in [5.41, 5.74) is -0.559. The number of piperazine rings is 1. The number of carbonyl (C=O) groups excluding carboxylic acids is 2. The lowest BCUT2D eigenvalue weighted by molar-refractivity contribution is -0.143. The Morgan fingerprint density at radius 2 is 2.17 bits per heavy atom. The van der Waals surface area contributed by atoms with Gasteiger partial charge in [0.15, 0.2) is 0 Å². The van der Waals surface area contributed by atoms with Gasteiger partial charge >= 0.3 is 0 Å². The van der Waals surface area contributed by atoms with E-state index in [4.69, 9.17) is 0 Å². The number of rotatable bonds is 5. The van der Waals surface area contributed by atoms with Crippen molar-refractivity contribution in [1.82, 2.24) is 15.5 Å². The molecule has 5 nitrogen and oxygen atoms in total. The standard InChI is InChI=1S/C13H25N3O2/c1-10(2)5-6-14-11(17)9-16-8-7-15-13(3,4)12(16)18/h10,15H,5-9H2,1-4H3,(H,14,17). The summed E-state index contributed by atoms with van der Waals surface area (Å²) >= 11 is 0. The van der Waals surface area contributed by atoms with Crippen LogP contribution >= 0.6 is 0 Å². The predicted molar refractivity (Wildman–Crippen MR) is 71.1 cm³/mol. The van der Waals surface area contributed by atoms with Crippen LogP contribution in [0, 0.1) is 5.92 Å². The van der Waals surface area contributed by atoms with Crippen molar-refractivity contribution in [2.75, 3.05) is 26.2 Å². The Morgan fingerprint density at radius 1 is 1.50 bits per heavy atom. The number of hydrogen-bond acceptors (Lipinski definition) is 3. The van der Waals surface area contributed by atoms with Crippen LogP contribution in [0.2, 0.25) is 0 Å². The predicted octanol–water partition coefficient (Wildman–Crippen LogP) is 0.359. The Bertz CT molecular complexity index is 313. The van der Waals surface area contributed by atoms with Crippen molar-refractivity contribution >= 4 is 11.8 Å². The van der Waals surface area contributed by atoms with Gasteiger partial charge in [0, 0.05) is 19.6 Å². The van der Waals surface area contributed by atoms with Gasteiger partial charge in [0.25, 0.3) is 0 Å². The molecule has 0 bridgehead atoms. The number of nitrogens with zero attached hydrogens (tertiary/aromatic N) is 1. The molecule has 2 N–H and O–H groups in total. The molecule has 0 aromatic heterocycles. The molecule has 1 rings (SSSR count). The van der Waals surface area contributed by atoms with Crippen molar-refractivity contribution in [3.8, 4) is 0 Å². The smallest absolute Gasteiger partial charge is 0.242 e. The van der Waals surface area contributed by atoms with Crippen LogP contribution in [-0.4, -0.2) is 48.4 Å². The summed E-state index contributed by atoms with van der Waals surface area (Å²) < 4.78 is 0. The van der Waals surface area contributed by atoms with E-state index in [1.807, 2.05) is 13.8 Å². The van der Waals surface area contributed by atoms with Crippen LogP contribution in [0.5, 0.6) is 0 Å². The van der Waals surface area contributed by atoms with Crippen LogP contribution in [0.4, 0.5) is 0 Å². The van der Waals surface area contributed by atoms with E-state index in [-0.39, 0.29) is 18.4 Å². The fourth-order valence-electron chi connectivity index (χ4n) is 1.96. The second-order valence-electron chi connectivity index (χ2n) is 5.81. The molecule has 104 valence electrons. The highest BCUT2D eigenvalue weighted by atomic mass is 16.2. The Labute approximate surface area is 109 Å². The summed E-state index contributed by atoms with van der Waals surface area (Å²) in [5, 5.41) is 6.00. The molecule has 0 atom stereocenters. The first kappa shape index (κ1) is 15.0. The zero-order valence-electron chi connectivity index (χ0n) is 11.9. The molecule has 0 aromatic carbocycles. The van der Waals surface area contributed by atoms with E-state index in [1.165, 1.54) is 0 Å². The molecule has 0 unspecified atom stereocenters. The summed E-state index contributed by atoms with van der Waals surface area (Å²) in [6.07, 6.45) is 0.965. The van der Waals surface area contributed by atoms with Gasteiger partial charge in [-0.2, -0.15) is 0 Å². The number of hydrogen-bond donors (Lipinski definition) is 2. The average Bonchev–Trinajstić information content (AvgIpc) is 2.24. The molecule has 5 heteroatoms. The van der Waals surface area contributed by atoms with Crippen molar-refractivity contribution in [1.29, 1.82) is 0 Å². The molecule has 1 aliphatic rings. The van der Waals surface area contributed by atoms with Gasteiger partial charge in [-0.05, 0) is 26.2 Å². The van der Waals surface area contributed by atoms with Crippen LogP contribution in [0.3, 0.4) is 0 Å². The van der Waals surface area contributed by atoms with E-state index in [1.54, 1.807) is 4.90 Å². The molecule has 0 aliphatic carbocycles. The molecule has 1 saturated heterocycles. The summed E-state index contributed by atoms with van der Waals surface area (Å²) in [5.74, 6) is 0.500. The molecule has 1 fully saturated rings. The first-order valence-corrected chi connectivity index (χ1v) is 6.64. The molecule has 0 aromatic rings. The number of amides is 2. The van der Waals surface area contributed by atoms with E-state index in [0.717, 1.165) is 13.0 Å². The van der Waals surface area contributed by atoms with Crippen molar-refractivity contribution in [3.63, 3.8) is 0 Å². The number of nitrogens with one attached hydrogen (secondary N) is 2. The van der Waals surface area contributed by atoms with Crippen molar-refractivity contribution in [2.45, 2.75) is 39.7 Å². The lowest BCUT2D eigenvalue weighted by Gasteiger charge is -2.37. The maximum atomic E-state index is 12.0. The highest BCUT2D eigenvalue weighted by molar-refractivity contribution is 5.90. The minimum absolute atomic E-state index is 0.00670. The molecule has 1 aliphatic heterocycles. The highest BCUT2D eigenvalue weighted by Crippen LogP contribution is 2.11. The van der Waals surface area contributed by atoms with Crippen LogP contribution in [0.15, 0.2) is 0 Å². The molecule has 18 heavy (non-hydrogen) atoms. The molecule has 2 amide bonds. The molecular formula is C13H25N3O2. The van der Waals surface area contributed by atoms with Crippen molar-refractivity contribution < 1.29 is 9.59 Å². The van der Waals surface area contributed by atoms with E-state index < -0.39 is 5.54 Å². The molecular weight excluding hydrogens is 230 g/mol. The van der Waals surface area contributed by atoms with Gasteiger partial charge in [-0.25, -0.2) is 0 Å². The topological polar surface area (TPSA) is 61.4 Å². The minimum atomic E-state index is -0.559. The van der Waals surface area contributed by atoms with Gasteiger partial charge in [0.1, 0.15) is 0 Å². The SMILES string of the molecule is CC(C)CCNC(=O)CN1CCNC(C)(C)C1=O. The molecule has 0 radical (unpaired) electrons. The Hall–Kier alpha value is -1.10. The van der Waals surface area contributed by atoms with Crippen molar-refractivity contribution in [2.24, 2.45) is 5.92 Å². The summed E-state index contributed by atoms with van der Waals surface area (Å²) in [6.45, 7) is 10.1. The van der Waals surface area contributed by atoms with Gasteiger partial charge in [-0.1, -0.05) is 13.8 Å². The Morgan fingerprint density at radius 3 is 2.78 bits per heavy atom. The number of carbonyl (C=O) groups is 2. The van der Waals surface area contributed by atoms with E-state index >= 15 is 0 Å². The van der Waals surface area contributed by atoms with Crippen LogP contribution in [0.1, 0.15) is 34.1 Å². The third-order valence-corrected chi connectivity index (χ3v) is 3.15. The minimum Gasteiger partial charge on any atom is -0.355 e. The summed E-state index contributed by atoms with van der Waals surface area (Å²) in [6, 6.07) is 0. The maximum absolute atomic E-state index is 12.0. The fourth-order valence-corrected chi connectivity index (χ4v) is 1.96. The lowest BCUT2D eigenvalue weighted by atomic mass is 10.0. The zero-order valence-corrected chi connectivity index (χ0v) is 11.9. The van der Waals surface area contributed by atoms with Crippen LogP contribution in [0.25, 0.3) is 0 Å². The monoisotopic (exact) mass is 255 g/mol. The third-order valence-electron chi connectivity index (χ3n) is 3.15. The van der Waals surface area contributed by atoms with E-state index in [2.05, 4.69) is 24.5 Å². The largest absolute Gasteiger partial charge is 0.355 e. The lowest BCUT2D eigenvalue weighted by Crippen LogP contribution is -2.62. The van der Waals surface area contributed by atoms with Gasteiger partial charge in [0.2, 0.25) is 11.8 Å². The van der Waals surface area contributed by atoms with Gasteiger partial charge in [-0.15, -0.1) is 0 Å². The maximum Gasteiger partial charge on any atom is 0.242 e. The summed E-state index contributed by atoms with van der Waals surface area (Å²) in [4.78, 5) is 25.4. The normalized spacial score (nSPS) is 19.2. The van der Waals surface area contributed by atoms with Gasteiger partial charge in [-0.3, -0.25) is 9.59 Å². The van der Waals surface area contributed by atoms with Crippen LogP contribution < -0.4 is 10.6 Å². The average molecular weight is 255 g/mol. The van der Waals surface area contributed by atoms with E-state index in [9.17, 15) is 9.59 Å². The van der Waals surface area contributed by atoms with Gasteiger partial charge < -0.3 is 15.5 Å². The van der Waals surface area contributed by atoms with Crippen LogP contribution in [-0.2, 0) is 9.59 Å². The second-order valence-corrected chi connectivity index (χ2v) is 5.81. The molecule has 0 saturated carbocycles. The highest BCUT2D eigenvalue weighted by Gasteiger charge is 2.35. The first-order chi connectivity index (χ1) is 8.33. The van der Waals surface area contributed by atoms with E-state index in [0.29, 0.717) is 19.0 Å². The van der Waals surface area contributed by atoms with Gasteiger partial charge in [0.05, 0.1) is 12.1 Å². The first-order valence-electron chi connectivity index (χ1n) is 6.64.